The SMILES string of the molecule is Cc1nn(Cc2ccccc2)c(C)c1CNS(=O)(=O)c1ccc(Br)cc1Cl. The van der Waals surface area contributed by atoms with Gasteiger partial charge in [-0.3, -0.25) is 4.68 Å². The molecule has 0 unspecified atom stereocenters. The number of sulfonamides is 1. The van der Waals surface area contributed by atoms with Crippen molar-refractivity contribution in [1.29, 1.82) is 0 Å². The Kier molecular flexibility index (Phi) is 6.05. The maximum Gasteiger partial charge on any atom is 0.242 e. The van der Waals surface area contributed by atoms with Crippen molar-refractivity contribution in [1.82, 2.24) is 14.5 Å². The zero-order chi connectivity index (χ0) is 19.6. The molecule has 0 aliphatic rings. The minimum Gasteiger partial charge on any atom is -0.265 e. The molecule has 2 aromatic carbocycles. The highest BCUT2D eigenvalue weighted by Gasteiger charge is 2.20. The van der Waals surface area contributed by atoms with Gasteiger partial charge in [0.25, 0.3) is 0 Å². The van der Waals surface area contributed by atoms with Crippen molar-refractivity contribution in [2.75, 3.05) is 0 Å². The lowest BCUT2D eigenvalue weighted by molar-refractivity contribution is 0.581. The second-order valence-corrected chi connectivity index (χ2v) is 9.25. The van der Waals surface area contributed by atoms with Gasteiger partial charge in [0.05, 0.1) is 17.3 Å². The molecule has 3 rings (SSSR count). The molecule has 27 heavy (non-hydrogen) atoms. The second-order valence-electron chi connectivity index (χ2n) is 6.19. The summed E-state index contributed by atoms with van der Waals surface area (Å²) < 4.78 is 30.5. The van der Waals surface area contributed by atoms with Gasteiger partial charge in [-0.05, 0) is 37.6 Å². The normalized spacial score (nSPS) is 11.7. The Morgan fingerprint density at radius 2 is 1.85 bits per heavy atom. The van der Waals surface area contributed by atoms with E-state index in [0.717, 1.165) is 27.0 Å². The molecule has 3 aromatic rings. The van der Waals surface area contributed by atoms with E-state index in [-0.39, 0.29) is 16.5 Å². The van der Waals surface area contributed by atoms with Crippen molar-refractivity contribution in [3.8, 4) is 0 Å². The third kappa shape index (κ3) is 4.60. The third-order valence-corrected chi connectivity index (χ3v) is 6.71. The molecule has 5 nitrogen and oxygen atoms in total. The first-order valence-corrected chi connectivity index (χ1v) is 10.9. The number of nitrogens with one attached hydrogen (secondary N) is 1. The third-order valence-electron chi connectivity index (χ3n) is 4.33. The topological polar surface area (TPSA) is 64.0 Å². The Balaban J connectivity index is 1.80. The van der Waals surface area contributed by atoms with Gasteiger partial charge in [-0.2, -0.15) is 5.10 Å². The average molecular weight is 469 g/mol. The van der Waals surface area contributed by atoms with Gasteiger partial charge in [-0.15, -0.1) is 0 Å². The average Bonchev–Trinajstić information content (AvgIpc) is 2.87. The first-order chi connectivity index (χ1) is 12.8. The van der Waals surface area contributed by atoms with Gasteiger partial charge >= 0.3 is 0 Å². The van der Waals surface area contributed by atoms with Crippen molar-refractivity contribution < 1.29 is 8.42 Å². The number of nitrogens with zero attached hydrogens (tertiary/aromatic N) is 2. The molecule has 0 fully saturated rings. The molecule has 0 saturated carbocycles. The Morgan fingerprint density at radius 3 is 2.52 bits per heavy atom. The summed E-state index contributed by atoms with van der Waals surface area (Å²) in [5.41, 5.74) is 3.73. The molecule has 0 saturated heterocycles. The molecule has 8 heteroatoms. The van der Waals surface area contributed by atoms with Gasteiger partial charge in [-0.1, -0.05) is 57.9 Å². The number of aryl methyl sites for hydroxylation is 1. The van der Waals surface area contributed by atoms with E-state index in [0.29, 0.717) is 6.54 Å². The van der Waals surface area contributed by atoms with Crippen LogP contribution in [0.15, 0.2) is 57.9 Å². The molecule has 0 radical (unpaired) electrons. The van der Waals surface area contributed by atoms with Crippen LogP contribution >= 0.6 is 27.5 Å². The molecule has 0 spiro atoms. The number of benzene rings is 2. The molecule has 0 amide bonds. The van der Waals surface area contributed by atoms with E-state index in [9.17, 15) is 8.42 Å². The van der Waals surface area contributed by atoms with Crippen LogP contribution in [0.2, 0.25) is 5.02 Å². The quantitative estimate of drug-likeness (QED) is 0.581. The molecule has 0 bridgehead atoms. The fourth-order valence-corrected chi connectivity index (χ4v) is 4.87. The summed E-state index contributed by atoms with van der Waals surface area (Å²) in [5.74, 6) is 0. The molecule has 142 valence electrons. The molecule has 1 N–H and O–H groups in total. The van der Waals surface area contributed by atoms with Crippen LogP contribution < -0.4 is 4.72 Å². The predicted molar refractivity (Wildman–Crippen MR) is 110 cm³/mol. The summed E-state index contributed by atoms with van der Waals surface area (Å²) in [6.45, 7) is 4.61. The van der Waals surface area contributed by atoms with Crippen molar-refractivity contribution >= 4 is 37.6 Å². The minimum absolute atomic E-state index is 0.0550. The van der Waals surface area contributed by atoms with Gasteiger partial charge in [0.15, 0.2) is 0 Å². The lowest BCUT2D eigenvalue weighted by atomic mass is 10.2. The molecular weight excluding hydrogens is 450 g/mol. The van der Waals surface area contributed by atoms with E-state index < -0.39 is 10.0 Å². The summed E-state index contributed by atoms with van der Waals surface area (Å²) >= 11 is 9.36. The summed E-state index contributed by atoms with van der Waals surface area (Å²) in [7, 11) is -3.73. The highest BCUT2D eigenvalue weighted by molar-refractivity contribution is 9.10. The Bertz CT molecular complexity index is 1070. The lowest BCUT2D eigenvalue weighted by Gasteiger charge is -2.10. The van der Waals surface area contributed by atoms with Crippen molar-refractivity contribution in [3.63, 3.8) is 0 Å². The summed E-state index contributed by atoms with van der Waals surface area (Å²) in [6.07, 6.45) is 0. The van der Waals surface area contributed by atoms with E-state index >= 15 is 0 Å². The second kappa shape index (κ2) is 8.14. The maximum absolute atomic E-state index is 12.6. The highest BCUT2D eigenvalue weighted by Crippen LogP contribution is 2.25. The Morgan fingerprint density at radius 1 is 1.15 bits per heavy atom. The molecule has 0 atom stereocenters. The number of aromatic nitrogens is 2. The van der Waals surface area contributed by atoms with Gasteiger partial charge in [0.1, 0.15) is 4.90 Å². The summed E-state index contributed by atoms with van der Waals surface area (Å²) in [5, 5.41) is 4.73. The van der Waals surface area contributed by atoms with Gasteiger partial charge in [0, 0.05) is 22.3 Å². The lowest BCUT2D eigenvalue weighted by Crippen LogP contribution is -2.24. The number of halogens is 2. The van der Waals surface area contributed by atoms with Crippen molar-refractivity contribution in [3.05, 3.63) is 80.5 Å². The summed E-state index contributed by atoms with van der Waals surface area (Å²) in [6, 6.07) is 14.7. The minimum atomic E-state index is -3.73. The van der Waals surface area contributed by atoms with Crippen LogP contribution in [0.4, 0.5) is 0 Å². The first kappa shape index (κ1) is 20.1. The fourth-order valence-electron chi connectivity index (χ4n) is 2.84. The molecular formula is C19H19BrClN3O2S. The fraction of sp³-hybridized carbons (Fsp3) is 0.211. The number of hydrogen-bond donors (Lipinski definition) is 1. The smallest absolute Gasteiger partial charge is 0.242 e. The Hall–Kier alpha value is -1.67. The Labute approximate surface area is 172 Å². The highest BCUT2D eigenvalue weighted by atomic mass is 79.9. The van der Waals surface area contributed by atoms with E-state index in [1.807, 2.05) is 48.9 Å². The van der Waals surface area contributed by atoms with Crippen LogP contribution in [-0.2, 0) is 23.1 Å². The van der Waals surface area contributed by atoms with Gasteiger partial charge in [0.2, 0.25) is 10.0 Å². The monoisotopic (exact) mass is 467 g/mol. The standard InChI is InChI=1S/C19H19BrClN3O2S/c1-13-17(14(2)24(23-13)12-15-6-4-3-5-7-15)11-22-27(25,26)19-9-8-16(20)10-18(19)21/h3-10,22H,11-12H2,1-2H3. The zero-order valence-corrected chi connectivity index (χ0v) is 18.1. The maximum atomic E-state index is 12.6. The van der Waals surface area contributed by atoms with E-state index in [2.05, 4.69) is 25.8 Å². The van der Waals surface area contributed by atoms with Crippen LogP contribution in [0.5, 0.6) is 0 Å². The largest absolute Gasteiger partial charge is 0.265 e. The van der Waals surface area contributed by atoms with Gasteiger partial charge < -0.3 is 0 Å². The molecule has 0 aliphatic carbocycles. The first-order valence-electron chi connectivity index (χ1n) is 8.29. The van der Waals surface area contributed by atoms with E-state index in [4.69, 9.17) is 11.6 Å². The van der Waals surface area contributed by atoms with Crippen LogP contribution in [0, 0.1) is 13.8 Å². The van der Waals surface area contributed by atoms with Crippen molar-refractivity contribution in [2.24, 2.45) is 0 Å². The zero-order valence-electron chi connectivity index (χ0n) is 14.9. The van der Waals surface area contributed by atoms with Crippen LogP contribution in [0.1, 0.15) is 22.5 Å². The molecule has 1 heterocycles. The van der Waals surface area contributed by atoms with Crippen molar-refractivity contribution in [2.45, 2.75) is 31.8 Å². The van der Waals surface area contributed by atoms with Crippen LogP contribution in [0.25, 0.3) is 0 Å². The predicted octanol–water partition coefficient (Wildman–Crippen LogP) is 4.44. The van der Waals surface area contributed by atoms with Gasteiger partial charge in [-0.25, -0.2) is 13.1 Å². The number of hydrogen-bond acceptors (Lipinski definition) is 3. The van der Waals surface area contributed by atoms with E-state index in [1.165, 1.54) is 6.07 Å². The van der Waals surface area contributed by atoms with Crippen LogP contribution in [0.3, 0.4) is 0 Å². The summed E-state index contributed by atoms with van der Waals surface area (Å²) in [4.78, 5) is 0.0550. The molecule has 0 aliphatic heterocycles. The van der Waals surface area contributed by atoms with E-state index in [1.54, 1.807) is 12.1 Å². The number of rotatable bonds is 6. The van der Waals surface area contributed by atoms with Crippen LogP contribution in [-0.4, -0.2) is 18.2 Å². The molecule has 1 aromatic heterocycles.